The second-order valence-electron chi connectivity index (χ2n) is 4.78. The van der Waals surface area contributed by atoms with Crippen molar-refractivity contribution in [1.82, 2.24) is 15.1 Å². The number of rotatable bonds is 4. The topological polar surface area (TPSA) is 75.0 Å². The molecule has 0 spiro atoms. The Morgan fingerprint density at radius 1 is 1.69 bits per heavy atom. The van der Waals surface area contributed by atoms with Crippen molar-refractivity contribution in [2.45, 2.75) is 32.7 Å². The Balaban J connectivity index is 2.14. The monoisotopic (exact) mass is 222 g/mol. The third-order valence-electron chi connectivity index (χ3n) is 2.69. The summed E-state index contributed by atoms with van der Waals surface area (Å²) in [6.45, 7) is 5.00. The highest BCUT2D eigenvalue weighted by molar-refractivity contribution is 5.97. The summed E-state index contributed by atoms with van der Waals surface area (Å²) in [4.78, 5) is 14.1. The van der Waals surface area contributed by atoms with Crippen LogP contribution in [0.15, 0.2) is 6.20 Å². The van der Waals surface area contributed by atoms with Crippen LogP contribution in [-0.2, 0) is 0 Å². The Morgan fingerprint density at radius 3 is 2.81 bits per heavy atom. The summed E-state index contributed by atoms with van der Waals surface area (Å²) in [7, 11) is 0. The van der Waals surface area contributed by atoms with Gasteiger partial charge in [0.15, 0.2) is 0 Å². The number of carbonyl (C=O) groups is 1. The number of aromatic nitrogens is 2. The lowest BCUT2D eigenvalue weighted by Crippen LogP contribution is -2.36. The molecular weight excluding hydrogens is 204 g/mol. The molecule has 1 aromatic heterocycles. The normalized spacial score (nSPS) is 15.4. The van der Waals surface area contributed by atoms with Crippen molar-refractivity contribution in [3.05, 3.63) is 11.9 Å². The minimum atomic E-state index is -0.0220. The minimum Gasteiger partial charge on any atom is -0.396 e. The molecular formula is C11H18N4O. The summed E-state index contributed by atoms with van der Waals surface area (Å²) in [6.07, 6.45) is 3.69. The van der Waals surface area contributed by atoms with E-state index in [-0.39, 0.29) is 5.91 Å². The highest BCUT2D eigenvalue weighted by atomic mass is 16.2. The van der Waals surface area contributed by atoms with Crippen LogP contribution in [0.4, 0.5) is 5.69 Å². The molecule has 0 bridgehead atoms. The first-order valence-corrected chi connectivity index (χ1v) is 5.69. The fourth-order valence-corrected chi connectivity index (χ4v) is 1.79. The Hall–Kier alpha value is -1.52. The van der Waals surface area contributed by atoms with E-state index in [1.165, 1.54) is 6.20 Å². The molecule has 0 atom stereocenters. The SMILES string of the molecule is CC(C)CN(C(=O)c1[nH]ncc1N)C1CC1. The number of anilines is 1. The van der Waals surface area contributed by atoms with E-state index in [0.29, 0.717) is 23.3 Å². The van der Waals surface area contributed by atoms with Crippen molar-refractivity contribution in [2.75, 3.05) is 12.3 Å². The quantitative estimate of drug-likeness (QED) is 0.805. The zero-order chi connectivity index (χ0) is 11.7. The molecule has 1 aliphatic rings. The Kier molecular flexibility index (Phi) is 2.85. The van der Waals surface area contributed by atoms with Gasteiger partial charge in [0.25, 0.3) is 5.91 Å². The summed E-state index contributed by atoms with van der Waals surface area (Å²) >= 11 is 0. The van der Waals surface area contributed by atoms with E-state index in [1.54, 1.807) is 0 Å². The van der Waals surface area contributed by atoms with Gasteiger partial charge in [0.05, 0.1) is 11.9 Å². The van der Waals surface area contributed by atoms with Gasteiger partial charge in [0.2, 0.25) is 0 Å². The van der Waals surface area contributed by atoms with Gasteiger partial charge in [-0.05, 0) is 18.8 Å². The third kappa shape index (κ3) is 2.18. The number of aromatic amines is 1. The van der Waals surface area contributed by atoms with E-state index >= 15 is 0 Å². The maximum atomic E-state index is 12.2. The molecule has 0 unspecified atom stereocenters. The van der Waals surface area contributed by atoms with E-state index in [4.69, 9.17) is 5.73 Å². The highest BCUT2D eigenvalue weighted by Gasteiger charge is 2.34. The van der Waals surface area contributed by atoms with Crippen LogP contribution < -0.4 is 5.73 Å². The molecule has 3 N–H and O–H groups in total. The lowest BCUT2D eigenvalue weighted by atomic mass is 10.2. The average molecular weight is 222 g/mol. The van der Waals surface area contributed by atoms with Gasteiger partial charge in [-0.25, -0.2) is 0 Å². The van der Waals surface area contributed by atoms with Gasteiger partial charge in [0, 0.05) is 12.6 Å². The number of nitrogens with zero attached hydrogens (tertiary/aromatic N) is 2. The molecule has 1 fully saturated rings. The van der Waals surface area contributed by atoms with E-state index in [2.05, 4.69) is 24.0 Å². The first-order chi connectivity index (χ1) is 7.59. The van der Waals surface area contributed by atoms with Gasteiger partial charge in [0.1, 0.15) is 5.69 Å². The van der Waals surface area contributed by atoms with Gasteiger partial charge in [-0.2, -0.15) is 5.10 Å². The molecule has 2 rings (SSSR count). The first kappa shape index (κ1) is 11.0. The zero-order valence-corrected chi connectivity index (χ0v) is 9.73. The molecule has 1 aromatic rings. The smallest absolute Gasteiger partial charge is 0.274 e. The Bertz CT molecular complexity index is 381. The number of amides is 1. The largest absolute Gasteiger partial charge is 0.396 e. The first-order valence-electron chi connectivity index (χ1n) is 5.69. The van der Waals surface area contributed by atoms with Gasteiger partial charge in [-0.3, -0.25) is 9.89 Å². The van der Waals surface area contributed by atoms with Gasteiger partial charge < -0.3 is 10.6 Å². The number of hydrogen-bond donors (Lipinski definition) is 2. The predicted octanol–water partition coefficient (Wildman–Crippen LogP) is 1.25. The van der Waals surface area contributed by atoms with Gasteiger partial charge in [-0.15, -0.1) is 0 Å². The number of nitrogens with one attached hydrogen (secondary N) is 1. The second-order valence-corrected chi connectivity index (χ2v) is 4.78. The number of nitrogen functional groups attached to an aromatic ring is 1. The maximum Gasteiger partial charge on any atom is 0.274 e. The van der Waals surface area contributed by atoms with Crippen LogP contribution in [0.5, 0.6) is 0 Å². The summed E-state index contributed by atoms with van der Waals surface area (Å²) < 4.78 is 0. The zero-order valence-electron chi connectivity index (χ0n) is 9.73. The molecule has 16 heavy (non-hydrogen) atoms. The summed E-state index contributed by atoms with van der Waals surface area (Å²) in [5, 5.41) is 6.46. The molecule has 5 nitrogen and oxygen atoms in total. The summed E-state index contributed by atoms with van der Waals surface area (Å²) in [5.41, 5.74) is 6.54. The van der Waals surface area contributed by atoms with Crippen molar-refractivity contribution in [2.24, 2.45) is 5.92 Å². The van der Waals surface area contributed by atoms with Crippen molar-refractivity contribution >= 4 is 11.6 Å². The number of nitrogens with two attached hydrogens (primary N) is 1. The molecule has 0 saturated heterocycles. The van der Waals surface area contributed by atoms with Crippen LogP contribution >= 0.6 is 0 Å². The average Bonchev–Trinajstić information content (AvgIpc) is 2.97. The van der Waals surface area contributed by atoms with Crippen LogP contribution in [0.2, 0.25) is 0 Å². The van der Waals surface area contributed by atoms with Crippen molar-refractivity contribution in [1.29, 1.82) is 0 Å². The van der Waals surface area contributed by atoms with Crippen LogP contribution in [0.25, 0.3) is 0 Å². The Morgan fingerprint density at radius 2 is 2.38 bits per heavy atom. The molecule has 5 heteroatoms. The lowest BCUT2D eigenvalue weighted by molar-refractivity contribution is 0.0717. The molecule has 0 aromatic carbocycles. The minimum absolute atomic E-state index is 0.0220. The molecule has 1 saturated carbocycles. The molecule has 88 valence electrons. The summed E-state index contributed by atoms with van der Waals surface area (Å²) in [5.74, 6) is 0.444. The van der Waals surface area contributed by atoms with Crippen molar-refractivity contribution in [3.8, 4) is 0 Å². The molecule has 1 amide bonds. The van der Waals surface area contributed by atoms with Crippen molar-refractivity contribution in [3.63, 3.8) is 0 Å². The van der Waals surface area contributed by atoms with Crippen LogP contribution in [0.1, 0.15) is 37.2 Å². The molecule has 1 aliphatic carbocycles. The van der Waals surface area contributed by atoms with Crippen LogP contribution in [0.3, 0.4) is 0 Å². The van der Waals surface area contributed by atoms with Gasteiger partial charge >= 0.3 is 0 Å². The van der Waals surface area contributed by atoms with Crippen LogP contribution in [-0.4, -0.2) is 33.6 Å². The van der Waals surface area contributed by atoms with Gasteiger partial charge in [-0.1, -0.05) is 13.8 Å². The van der Waals surface area contributed by atoms with Crippen molar-refractivity contribution < 1.29 is 4.79 Å². The second kappa shape index (κ2) is 4.15. The molecule has 1 heterocycles. The third-order valence-corrected chi connectivity index (χ3v) is 2.69. The summed E-state index contributed by atoms with van der Waals surface area (Å²) in [6, 6.07) is 0.401. The van der Waals surface area contributed by atoms with E-state index in [1.807, 2.05) is 4.90 Å². The fraction of sp³-hybridized carbons (Fsp3) is 0.636. The molecule has 0 radical (unpaired) electrons. The number of carbonyl (C=O) groups excluding carboxylic acids is 1. The standard InChI is InChI=1S/C11H18N4O/c1-7(2)6-15(8-3-4-8)11(16)10-9(12)5-13-14-10/h5,7-8H,3-4,6,12H2,1-2H3,(H,13,14). The Labute approximate surface area is 95.0 Å². The van der Waals surface area contributed by atoms with Crippen LogP contribution in [0, 0.1) is 5.92 Å². The maximum absolute atomic E-state index is 12.2. The van der Waals surface area contributed by atoms with E-state index < -0.39 is 0 Å². The number of hydrogen-bond acceptors (Lipinski definition) is 3. The van der Waals surface area contributed by atoms with E-state index in [9.17, 15) is 4.79 Å². The highest BCUT2D eigenvalue weighted by Crippen LogP contribution is 2.29. The lowest BCUT2D eigenvalue weighted by Gasteiger charge is -2.23. The fourth-order valence-electron chi connectivity index (χ4n) is 1.79. The predicted molar refractivity (Wildman–Crippen MR) is 61.9 cm³/mol. The van der Waals surface area contributed by atoms with E-state index in [0.717, 1.165) is 19.4 Å². The number of H-pyrrole nitrogens is 1. The molecule has 0 aliphatic heterocycles.